The third-order valence-corrected chi connectivity index (χ3v) is 6.33. The van der Waals surface area contributed by atoms with Crippen molar-refractivity contribution in [2.24, 2.45) is 0 Å². The van der Waals surface area contributed by atoms with E-state index in [0.717, 1.165) is 42.5 Å². The fourth-order valence-corrected chi connectivity index (χ4v) is 4.07. The van der Waals surface area contributed by atoms with Gasteiger partial charge in [-0.05, 0) is 54.0 Å². The number of hydrogen-bond donors (Lipinski definition) is 4. The Kier molecular flexibility index (Phi) is 10.9. The number of carboxylic acids is 1. The Morgan fingerprint density at radius 1 is 0.891 bits per heavy atom. The Labute approximate surface area is 253 Å². The molecule has 0 radical (unpaired) electrons. The van der Waals surface area contributed by atoms with Crippen LogP contribution in [0.1, 0.15) is 49.9 Å². The van der Waals surface area contributed by atoms with Crippen molar-refractivity contribution < 1.29 is 74.0 Å². The normalized spacial score (nSPS) is 17.2. The lowest BCUT2D eigenvalue weighted by molar-refractivity contribution is -0.336. The molecule has 1 aliphatic rings. The predicted octanol–water partition coefficient (Wildman–Crippen LogP) is 5.53. The molecule has 46 heavy (non-hydrogen) atoms. The van der Waals surface area contributed by atoms with Gasteiger partial charge in [-0.1, -0.05) is 30.4 Å². The van der Waals surface area contributed by atoms with Crippen LogP contribution in [-0.2, 0) is 21.9 Å². The van der Waals surface area contributed by atoms with Gasteiger partial charge in [0.15, 0.2) is 11.9 Å². The van der Waals surface area contributed by atoms with E-state index in [0.29, 0.717) is 6.08 Å². The maximum Gasteiger partial charge on any atom is 0.523 e. The molecular weight excluding hydrogens is 645 g/mol. The van der Waals surface area contributed by atoms with Crippen LogP contribution >= 0.6 is 0 Å². The van der Waals surface area contributed by atoms with Gasteiger partial charge in [0.1, 0.15) is 0 Å². The number of carboxylic acid groups (broad SMARTS) is 1. The Morgan fingerprint density at radius 2 is 1.43 bits per heavy atom. The van der Waals surface area contributed by atoms with E-state index in [4.69, 9.17) is 5.11 Å². The number of nitrogens with one attached hydrogen (secondary N) is 1. The van der Waals surface area contributed by atoms with E-state index in [1.54, 1.807) is 0 Å². The predicted molar refractivity (Wildman–Crippen MR) is 139 cm³/mol. The Morgan fingerprint density at radius 3 is 1.89 bits per heavy atom. The summed E-state index contributed by atoms with van der Waals surface area (Å²) >= 11 is 0. The summed E-state index contributed by atoms with van der Waals surface area (Å²) < 4.78 is 122. The minimum atomic E-state index is -5.25. The molecule has 0 saturated carbocycles. The number of ketones is 1. The Balaban J connectivity index is 2.02. The van der Waals surface area contributed by atoms with Crippen LogP contribution in [0.3, 0.4) is 0 Å². The average molecular weight is 667 g/mol. The molecule has 1 aliphatic carbocycles. The summed E-state index contributed by atoms with van der Waals surface area (Å²) in [7, 11) is 0. The van der Waals surface area contributed by atoms with E-state index in [9.17, 15) is 64.1 Å². The molecule has 0 saturated heterocycles. The number of halogens is 9. The monoisotopic (exact) mass is 667 g/mol. The number of carbonyl (C=O) groups is 3. The number of rotatable bonds is 10. The maximum absolute atomic E-state index is 13.5. The topological polar surface area (TPSA) is 133 Å². The summed E-state index contributed by atoms with van der Waals surface area (Å²) in [5.74, 6) is -3.46. The molecule has 1 amide bonds. The second kappa shape index (κ2) is 13.9. The molecule has 3 rings (SSSR count). The summed E-state index contributed by atoms with van der Waals surface area (Å²) in [4.78, 5) is 36.5. The molecule has 3 atom stereocenters. The van der Waals surface area contributed by atoms with Crippen molar-refractivity contribution in [3.8, 4) is 0 Å². The van der Waals surface area contributed by atoms with Crippen LogP contribution in [0.15, 0.2) is 77.9 Å². The van der Waals surface area contributed by atoms with Crippen LogP contribution in [0.2, 0.25) is 0 Å². The zero-order valence-electron chi connectivity index (χ0n) is 22.9. The number of aliphatic hydroxyl groups excluding tert-OH is 2. The van der Waals surface area contributed by atoms with Gasteiger partial charge >= 0.3 is 24.7 Å². The van der Waals surface area contributed by atoms with Crippen LogP contribution in [-0.4, -0.2) is 58.1 Å². The molecule has 2 unspecified atom stereocenters. The molecule has 0 spiro atoms. The summed E-state index contributed by atoms with van der Waals surface area (Å²) in [6.45, 7) is -0.662. The number of Topliss-reactive ketones (excluding diaryl/α,β-unsaturated/α-hetero) is 1. The van der Waals surface area contributed by atoms with Crippen molar-refractivity contribution in [2.75, 3.05) is 6.54 Å². The first-order valence-corrected chi connectivity index (χ1v) is 12.8. The number of allylic oxidation sites excluding steroid dienone is 3. The zero-order valence-corrected chi connectivity index (χ0v) is 22.9. The highest BCUT2D eigenvalue weighted by atomic mass is 19.4. The summed E-state index contributed by atoms with van der Waals surface area (Å²) in [5.41, 5.74) is -5.42. The van der Waals surface area contributed by atoms with Gasteiger partial charge in [-0.15, -0.1) is 13.2 Å². The summed E-state index contributed by atoms with van der Waals surface area (Å²) in [6.07, 6.45) is -18.1. The van der Waals surface area contributed by atoms with Gasteiger partial charge in [-0.2, -0.15) is 26.3 Å². The maximum atomic E-state index is 13.5. The van der Waals surface area contributed by atoms with Crippen molar-refractivity contribution in [1.82, 2.24) is 5.32 Å². The van der Waals surface area contributed by atoms with E-state index in [-0.39, 0.29) is 34.9 Å². The van der Waals surface area contributed by atoms with Crippen LogP contribution < -0.4 is 5.32 Å². The van der Waals surface area contributed by atoms with E-state index >= 15 is 0 Å². The van der Waals surface area contributed by atoms with Gasteiger partial charge in [0.05, 0.1) is 29.9 Å². The smallest absolute Gasteiger partial charge is 0.479 e. The number of benzene rings is 2. The van der Waals surface area contributed by atoms with Gasteiger partial charge in [-0.3, -0.25) is 14.3 Å². The number of amides is 1. The third kappa shape index (κ3) is 9.76. The molecular formula is C29H22F9NO7. The highest BCUT2D eigenvalue weighted by Gasteiger charge is 2.38. The van der Waals surface area contributed by atoms with E-state index in [1.807, 2.05) is 0 Å². The second-order valence-electron chi connectivity index (χ2n) is 9.69. The minimum absolute atomic E-state index is 0.118. The molecule has 8 nitrogen and oxygen atoms in total. The molecule has 0 aromatic heterocycles. The van der Waals surface area contributed by atoms with E-state index in [1.165, 1.54) is 0 Å². The molecule has 248 valence electrons. The average Bonchev–Trinajstić information content (AvgIpc) is 2.96. The van der Waals surface area contributed by atoms with Gasteiger partial charge in [0.2, 0.25) is 0 Å². The van der Waals surface area contributed by atoms with Crippen molar-refractivity contribution >= 4 is 17.7 Å². The fraction of sp³-hybridized carbons (Fsp3) is 0.276. The lowest BCUT2D eigenvalue weighted by atomic mass is 9.89. The number of hydrogen-bond acceptors (Lipinski definition) is 6. The molecule has 0 fully saturated rings. The number of ether oxygens (including phenoxy) is 1. The largest absolute Gasteiger partial charge is 0.523 e. The molecule has 0 bridgehead atoms. The van der Waals surface area contributed by atoms with Crippen molar-refractivity contribution in [2.45, 2.75) is 43.4 Å². The minimum Gasteiger partial charge on any atom is -0.479 e. The number of carbonyl (C=O) groups excluding carboxylic acids is 2. The van der Waals surface area contributed by atoms with Gasteiger partial charge in [0.25, 0.3) is 5.91 Å². The van der Waals surface area contributed by atoms with Gasteiger partial charge in [0, 0.05) is 16.7 Å². The highest BCUT2D eigenvalue weighted by Crippen LogP contribution is 2.38. The van der Waals surface area contributed by atoms with Crippen LogP contribution in [0.4, 0.5) is 39.5 Å². The first-order chi connectivity index (χ1) is 21.2. The van der Waals surface area contributed by atoms with Gasteiger partial charge < -0.3 is 20.6 Å². The number of alkyl halides is 9. The fourth-order valence-electron chi connectivity index (χ4n) is 4.07. The van der Waals surface area contributed by atoms with E-state index < -0.39 is 89.9 Å². The van der Waals surface area contributed by atoms with E-state index in [2.05, 4.69) is 10.1 Å². The first-order valence-electron chi connectivity index (χ1n) is 12.8. The van der Waals surface area contributed by atoms with Gasteiger partial charge in [-0.25, -0.2) is 4.79 Å². The van der Waals surface area contributed by atoms with Crippen LogP contribution in [0.25, 0.3) is 0 Å². The SMILES string of the molecule is O=C(NC[C@@H](O)C(=O)O)c1ccc(C(=O)/C(=C\C(O)c2cc(C(F)(F)F)cc(C(F)(F)F)c2)C2=CCC(OC(F)(F)F)C=C2)cc1. The zero-order chi connectivity index (χ0) is 34.6. The van der Waals surface area contributed by atoms with Crippen LogP contribution in [0, 0.1) is 0 Å². The molecule has 17 heteroatoms. The number of aliphatic carboxylic acids is 1. The molecule has 0 heterocycles. The Hall–Kier alpha value is -4.48. The number of aliphatic hydroxyl groups is 2. The summed E-state index contributed by atoms with van der Waals surface area (Å²) in [5, 5.41) is 30.9. The van der Waals surface area contributed by atoms with Crippen molar-refractivity contribution in [1.29, 1.82) is 0 Å². The first kappa shape index (κ1) is 36.0. The molecule has 0 aliphatic heterocycles. The van der Waals surface area contributed by atoms with Crippen LogP contribution in [0.5, 0.6) is 0 Å². The molecule has 4 N–H and O–H groups in total. The molecule has 2 aromatic rings. The third-order valence-electron chi connectivity index (χ3n) is 6.33. The standard InChI is InChI=1S/C29H22F9NO7/c30-27(31,32)18-9-17(10-19(11-18)28(33,34)35)22(40)12-21(14-5-7-20(8-6-14)46-29(36,37)38)24(42)15-1-3-16(4-2-15)25(43)39-13-23(41)26(44)45/h1-7,9-12,20,22-23,40-41H,8,13H2,(H,39,43)(H,44,45)/b21-12-/t20?,22?,23-/m1/s1. The van der Waals surface area contributed by atoms with Crippen molar-refractivity contribution in [3.63, 3.8) is 0 Å². The lowest BCUT2D eigenvalue weighted by Crippen LogP contribution is -2.36. The van der Waals surface area contributed by atoms with Crippen molar-refractivity contribution in [3.05, 3.63) is 106 Å². The Bertz CT molecular complexity index is 1520. The lowest BCUT2D eigenvalue weighted by Gasteiger charge is -2.20. The quantitative estimate of drug-likeness (QED) is 0.149. The summed E-state index contributed by atoms with van der Waals surface area (Å²) in [6, 6.07) is 4.63. The molecule has 2 aromatic carbocycles. The second-order valence-corrected chi connectivity index (χ2v) is 9.69. The highest BCUT2D eigenvalue weighted by molar-refractivity contribution is 6.12.